The van der Waals surface area contributed by atoms with E-state index in [0.717, 1.165) is 10.0 Å². The first-order valence-electron chi connectivity index (χ1n) is 8.44. The molecule has 2 saturated heterocycles. The summed E-state index contributed by atoms with van der Waals surface area (Å²) in [5, 5.41) is 4.81. The van der Waals surface area contributed by atoms with Crippen LogP contribution in [0.2, 0.25) is 0 Å². The maximum atomic E-state index is 13.3. The number of carbonyl (C=O) groups excluding carboxylic acids is 3. The molecule has 3 aliphatic rings. The Morgan fingerprint density at radius 1 is 1.20 bits per heavy atom. The van der Waals surface area contributed by atoms with Crippen molar-refractivity contribution < 1.29 is 19.7 Å². The van der Waals surface area contributed by atoms with Gasteiger partial charge in [0.1, 0.15) is 11.8 Å². The van der Waals surface area contributed by atoms with Crippen LogP contribution in [0.1, 0.15) is 33.3 Å². The summed E-state index contributed by atoms with van der Waals surface area (Å²) in [6.45, 7) is 7.48. The fraction of sp³-hybridized carbons (Fsp3) is 0.500. The Morgan fingerprint density at radius 2 is 1.88 bits per heavy atom. The van der Waals surface area contributed by atoms with E-state index in [2.05, 4.69) is 21.2 Å². The highest BCUT2D eigenvalue weighted by Crippen LogP contribution is 2.50. The summed E-state index contributed by atoms with van der Waals surface area (Å²) in [6.07, 6.45) is 0. The van der Waals surface area contributed by atoms with Crippen LogP contribution in [0.15, 0.2) is 22.7 Å². The Kier molecular flexibility index (Phi) is 3.29. The van der Waals surface area contributed by atoms with Gasteiger partial charge in [-0.3, -0.25) is 19.3 Å². The number of nitrogens with two attached hydrogens (primary N) is 1. The number of likely N-dealkylation sites (tertiary alicyclic amines) is 1. The van der Waals surface area contributed by atoms with Crippen LogP contribution in [0.4, 0.5) is 5.69 Å². The monoisotopic (exact) mass is 406 g/mol. The average molecular weight is 407 g/mol. The first kappa shape index (κ1) is 16.7. The van der Waals surface area contributed by atoms with Crippen LogP contribution in [0, 0.1) is 11.8 Å². The van der Waals surface area contributed by atoms with Crippen molar-refractivity contribution in [2.24, 2.45) is 11.8 Å². The molecule has 25 heavy (non-hydrogen) atoms. The predicted octanol–water partition coefficient (Wildman–Crippen LogP) is 0.962. The number of halogens is 1. The molecule has 0 aliphatic carbocycles. The fourth-order valence-electron chi connectivity index (χ4n) is 4.77. The van der Waals surface area contributed by atoms with Crippen LogP contribution in [-0.4, -0.2) is 34.2 Å². The van der Waals surface area contributed by atoms with E-state index in [9.17, 15) is 14.4 Å². The van der Waals surface area contributed by atoms with Gasteiger partial charge in [0.25, 0.3) is 5.91 Å². The van der Waals surface area contributed by atoms with E-state index in [1.807, 2.05) is 51.2 Å². The predicted molar refractivity (Wildman–Crippen MR) is 94.4 cm³/mol. The van der Waals surface area contributed by atoms with Crippen molar-refractivity contribution in [3.63, 3.8) is 0 Å². The highest BCUT2D eigenvalue weighted by Gasteiger charge is 2.74. The van der Waals surface area contributed by atoms with Gasteiger partial charge in [0.15, 0.2) is 0 Å². The Hall–Kier alpha value is -1.73. The van der Waals surface area contributed by atoms with Crippen molar-refractivity contribution in [1.82, 2.24) is 4.90 Å². The summed E-state index contributed by atoms with van der Waals surface area (Å²) in [6, 6.07) is 5.43. The van der Waals surface area contributed by atoms with Crippen LogP contribution >= 0.6 is 15.9 Å². The maximum Gasteiger partial charge on any atom is 0.291 e. The van der Waals surface area contributed by atoms with E-state index in [1.165, 1.54) is 4.90 Å². The summed E-state index contributed by atoms with van der Waals surface area (Å²) in [5.74, 6) is -1.78. The highest BCUT2D eigenvalue weighted by molar-refractivity contribution is 9.10. The number of benzene rings is 1. The Balaban J connectivity index is 1.92. The number of rotatable bonds is 0. The fourth-order valence-corrected chi connectivity index (χ4v) is 5.13. The molecule has 7 heteroatoms. The van der Waals surface area contributed by atoms with Crippen molar-refractivity contribution in [3.8, 4) is 0 Å². The zero-order chi connectivity index (χ0) is 18.3. The maximum absolute atomic E-state index is 13.3. The normalized spacial score (nSPS) is 33.9. The molecule has 0 saturated carbocycles. The lowest BCUT2D eigenvalue weighted by Gasteiger charge is -2.33. The summed E-state index contributed by atoms with van der Waals surface area (Å²) < 4.78 is 0.844. The molecule has 3 heterocycles. The standard InChI is InChI=1S/C18H20BrN3O3/c1-8-12-13(15(24)22(14(12)23)17(2,3)4)18(21-8)10-7-9(19)5-6-11(10)20-16(18)25/h5-8,12-13,21H,1-4H3,(H,20,25)/p+1/t8-,12-,13+,18-/m1/s1. The van der Waals surface area contributed by atoms with Crippen LogP contribution in [0.5, 0.6) is 0 Å². The van der Waals surface area contributed by atoms with E-state index < -0.39 is 22.9 Å². The van der Waals surface area contributed by atoms with Crippen LogP contribution < -0.4 is 10.6 Å². The van der Waals surface area contributed by atoms with Gasteiger partial charge < -0.3 is 10.6 Å². The molecule has 4 rings (SSSR count). The van der Waals surface area contributed by atoms with Gasteiger partial charge in [-0.2, -0.15) is 0 Å². The summed E-state index contributed by atoms with van der Waals surface area (Å²) in [7, 11) is 0. The average Bonchev–Trinajstić information content (AvgIpc) is 3.04. The minimum absolute atomic E-state index is 0.149. The third kappa shape index (κ3) is 1.96. The number of quaternary nitrogens is 1. The minimum Gasteiger partial charge on any atom is -0.326 e. The van der Waals surface area contributed by atoms with Gasteiger partial charge in [0.2, 0.25) is 17.4 Å². The summed E-state index contributed by atoms with van der Waals surface area (Å²) in [4.78, 5) is 40.7. The molecule has 1 aromatic rings. The number of hydrogen-bond donors (Lipinski definition) is 2. The SMILES string of the molecule is C[C@H]1[NH2+][C@@]2(C(=O)Nc3ccc(Br)cc32)[C@@H]2C(=O)N(C(C)(C)C)C(=O)[C@@H]21. The number of nitrogens with zero attached hydrogens (tertiary/aromatic N) is 1. The third-order valence-corrected chi connectivity index (χ3v) is 6.15. The van der Waals surface area contributed by atoms with Crippen molar-refractivity contribution in [2.75, 3.05) is 5.32 Å². The van der Waals surface area contributed by atoms with Gasteiger partial charge in [-0.05, 0) is 45.9 Å². The molecule has 1 spiro atoms. The van der Waals surface area contributed by atoms with Gasteiger partial charge in [0.05, 0.1) is 11.7 Å². The van der Waals surface area contributed by atoms with Gasteiger partial charge in [-0.1, -0.05) is 15.9 Å². The lowest BCUT2D eigenvalue weighted by molar-refractivity contribution is -0.730. The number of amides is 3. The largest absolute Gasteiger partial charge is 0.326 e. The summed E-state index contributed by atoms with van der Waals surface area (Å²) in [5.41, 5.74) is -0.181. The van der Waals surface area contributed by atoms with E-state index in [1.54, 1.807) is 0 Å². The van der Waals surface area contributed by atoms with Gasteiger partial charge >= 0.3 is 0 Å². The molecule has 4 atom stereocenters. The first-order chi connectivity index (χ1) is 11.6. The molecule has 3 N–H and O–H groups in total. The van der Waals surface area contributed by atoms with Crippen LogP contribution in [-0.2, 0) is 19.9 Å². The Labute approximate surface area is 154 Å². The topological polar surface area (TPSA) is 83.1 Å². The zero-order valence-corrected chi connectivity index (χ0v) is 16.2. The lowest BCUT2D eigenvalue weighted by atomic mass is 9.76. The molecule has 1 aromatic carbocycles. The molecule has 2 fully saturated rings. The molecule has 132 valence electrons. The highest BCUT2D eigenvalue weighted by atomic mass is 79.9. The zero-order valence-electron chi connectivity index (χ0n) is 14.6. The second-order valence-electron chi connectivity index (χ2n) is 8.22. The molecule has 0 bridgehead atoms. The minimum atomic E-state index is -1.07. The van der Waals surface area contributed by atoms with Crippen molar-refractivity contribution in [3.05, 3.63) is 28.2 Å². The first-order valence-corrected chi connectivity index (χ1v) is 9.24. The lowest BCUT2D eigenvalue weighted by Crippen LogP contribution is -2.98. The number of carbonyl (C=O) groups is 3. The number of anilines is 1. The van der Waals surface area contributed by atoms with E-state index >= 15 is 0 Å². The number of fused-ring (bicyclic) bond motifs is 4. The van der Waals surface area contributed by atoms with Gasteiger partial charge in [0, 0.05) is 15.6 Å². The smallest absolute Gasteiger partial charge is 0.291 e. The van der Waals surface area contributed by atoms with Crippen molar-refractivity contribution >= 4 is 39.3 Å². The quantitative estimate of drug-likeness (QED) is 0.629. The molecule has 0 radical (unpaired) electrons. The molecular formula is C18H21BrN3O3+. The van der Waals surface area contributed by atoms with E-state index in [0.29, 0.717) is 5.69 Å². The molecule has 6 nitrogen and oxygen atoms in total. The second kappa shape index (κ2) is 4.92. The van der Waals surface area contributed by atoms with Crippen LogP contribution in [0.3, 0.4) is 0 Å². The van der Waals surface area contributed by atoms with E-state index in [-0.39, 0.29) is 23.8 Å². The number of imide groups is 1. The Morgan fingerprint density at radius 3 is 2.52 bits per heavy atom. The molecular weight excluding hydrogens is 386 g/mol. The summed E-state index contributed by atoms with van der Waals surface area (Å²) >= 11 is 3.46. The van der Waals surface area contributed by atoms with Crippen LogP contribution in [0.25, 0.3) is 0 Å². The third-order valence-electron chi connectivity index (χ3n) is 5.66. The number of hydrogen-bond acceptors (Lipinski definition) is 3. The van der Waals surface area contributed by atoms with Crippen molar-refractivity contribution in [1.29, 1.82) is 0 Å². The van der Waals surface area contributed by atoms with Crippen molar-refractivity contribution in [2.45, 2.75) is 44.8 Å². The molecule has 3 aliphatic heterocycles. The second-order valence-corrected chi connectivity index (χ2v) is 9.14. The Bertz CT molecular complexity index is 831. The van der Waals surface area contributed by atoms with Gasteiger partial charge in [-0.25, -0.2) is 0 Å². The molecule has 3 amide bonds. The van der Waals surface area contributed by atoms with E-state index in [4.69, 9.17) is 0 Å². The molecule has 0 unspecified atom stereocenters. The van der Waals surface area contributed by atoms with Gasteiger partial charge in [-0.15, -0.1) is 0 Å². The molecule has 0 aromatic heterocycles. The number of nitrogens with one attached hydrogen (secondary N) is 1.